The Morgan fingerprint density at radius 1 is 1.15 bits per heavy atom. The molecule has 140 valence electrons. The van der Waals surface area contributed by atoms with Crippen molar-refractivity contribution in [1.82, 2.24) is 10.2 Å². The van der Waals surface area contributed by atoms with E-state index in [2.05, 4.69) is 27.7 Å². The molecule has 1 fully saturated rings. The highest BCUT2D eigenvalue weighted by atomic mass is 32.1. The van der Waals surface area contributed by atoms with Crippen LogP contribution in [-0.4, -0.2) is 36.5 Å². The largest absolute Gasteiger partial charge is 0.491 e. The number of ether oxygens (including phenoxy) is 1. The van der Waals surface area contributed by atoms with Crippen LogP contribution in [0.3, 0.4) is 0 Å². The fourth-order valence-electron chi connectivity index (χ4n) is 3.37. The summed E-state index contributed by atoms with van der Waals surface area (Å²) in [7, 11) is 0. The molecule has 1 aromatic carbocycles. The second-order valence-corrected chi connectivity index (χ2v) is 8.01. The highest BCUT2D eigenvalue weighted by Gasteiger charge is 2.23. The molecule has 1 aliphatic heterocycles. The lowest BCUT2D eigenvalue weighted by molar-refractivity contribution is 0.0925. The predicted molar refractivity (Wildman–Crippen MR) is 107 cm³/mol. The Morgan fingerprint density at radius 3 is 2.50 bits per heavy atom. The highest BCUT2D eigenvalue weighted by Crippen LogP contribution is 2.27. The van der Waals surface area contributed by atoms with Crippen molar-refractivity contribution in [2.75, 3.05) is 19.6 Å². The Hall–Kier alpha value is -1.85. The van der Waals surface area contributed by atoms with E-state index in [1.165, 1.54) is 24.1 Å². The van der Waals surface area contributed by atoms with E-state index in [0.29, 0.717) is 12.1 Å². The number of nitrogens with one attached hydrogen (secondary N) is 1. The Labute approximate surface area is 160 Å². The van der Waals surface area contributed by atoms with Crippen molar-refractivity contribution in [3.8, 4) is 5.75 Å². The smallest absolute Gasteiger partial charge is 0.251 e. The number of benzene rings is 1. The molecular formula is C21H28N2O2S. The Morgan fingerprint density at radius 2 is 1.88 bits per heavy atom. The van der Waals surface area contributed by atoms with Gasteiger partial charge in [0.2, 0.25) is 0 Å². The number of likely N-dealkylation sites (tertiary alicyclic amines) is 1. The van der Waals surface area contributed by atoms with Crippen LogP contribution in [0.2, 0.25) is 0 Å². The van der Waals surface area contributed by atoms with Gasteiger partial charge in [-0.1, -0.05) is 12.5 Å². The van der Waals surface area contributed by atoms with Gasteiger partial charge in [0.25, 0.3) is 5.91 Å². The van der Waals surface area contributed by atoms with Crippen molar-refractivity contribution in [2.45, 2.75) is 45.3 Å². The van der Waals surface area contributed by atoms with Crippen LogP contribution < -0.4 is 10.1 Å². The van der Waals surface area contributed by atoms with Gasteiger partial charge in [-0.2, -0.15) is 0 Å². The van der Waals surface area contributed by atoms with Crippen LogP contribution in [0, 0.1) is 0 Å². The van der Waals surface area contributed by atoms with E-state index in [1.54, 1.807) is 11.3 Å². The molecule has 1 unspecified atom stereocenters. The lowest BCUT2D eigenvalue weighted by Gasteiger charge is -2.34. The van der Waals surface area contributed by atoms with Crippen molar-refractivity contribution in [2.24, 2.45) is 0 Å². The molecule has 2 aromatic rings. The first-order chi connectivity index (χ1) is 12.6. The molecule has 26 heavy (non-hydrogen) atoms. The SMILES string of the molecule is CC(C)Oc1ccc(C(=O)NCC(c2cccs2)N2CCCCC2)cc1. The van der Waals surface area contributed by atoms with E-state index in [-0.39, 0.29) is 18.1 Å². The number of carbonyl (C=O) groups is 1. The number of hydrogen-bond acceptors (Lipinski definition) is 4. The quantitative estimate of drug-likeness (QED) is 0.778. The number of amides is 1. The van der Waals surface area contributed by atoms with Crippen LogP contribution in [0.15, 0.2) is 41.8 Å². The second kappa shape index (κ2) is 9.19. The van der Waals surface area contributed by atoms with E-state index in [9.17, 15) is 4.79 Å². The monoisotopic (exact) mass is 372 g/mol. The molecule has 5 heteroatoms. The highest BCUT2D eigenvalue weighted by molar-refractivity contribution is 7.10. The molecule has 1 saturated heterocycles. The number of carbonyl (C=O) groups excluding carboxylic acids is 1. The predicted octanol–water partition coefficient (Wildman–Crippen LogP) is 4.49. The van der Waals surface area contributed by atoms with Gasteiger partial charge in [0.05, 0.1) is 12.1 Å². The van der Waals surface area contributed by atoms with Crippen LogP contribution in [0.1, 0.15) is 54.4 Å². The zero-order valence-corrected chi connectivity index (χ0v) is 16.4. The van der Waals surface area contributed by atoms with E-state index >= 15 is 0 Å². The van der Waals surface area contributed by atoms with E-state index in [0.717, 1.165) is 18.8 Å². The maximum Gasteiger partial charge on any atom is 0.251 e. The van der Waals surface area contributed by atoms with Gasteiger partial charge in [-0.05, 0) is 75.5 Å². The Bertz CT molecular complexity index is 677. The second-order valence-electron chi connectivity index (χ2n) is 7.03. The topological polar surface area (TPSA) is 41.6 Å². The number of thiophene rings is 1. The minimum atomic E-state index is -0.0281. The molecule has 2 heterocycles. The van der Waals surface area contributed by atoms with Crippen molar-refractivity contribution in [3.63, 3.8) is 0 Å². The summed E-state index contributed by atoms with van der Waals surface area (Å²) in [5, 5.41) is 5.24. The molecule has 0 aliphatic carbocycles. The lowest BCUT2D eigenvalue weighted by atomic mass is 10.1. The summed E-state index contributed by atoms with van der Waals surface area (Å²) in [6, 6.07) is 11.9. The molecule has 0 spiro atoms. The first kappa shape index (κ1) is 18.9. The van der Waals surface area contributed by atoms with Crippen LogP contribution in [0.25, 0.3) is 0 Å². The van der Waals surface area contributed by atoms with E-state index in [1.807, 2.05) is 38.1 Å². The van der Waals surface area contributed by atoms with Gasteiger partial charge in [-0.15, -0.1) is 11.3 Å². The van der Waals surface area contributed by atoms with E-state index in [4.69, 9.17) is 4.74 Å². The molecule has 0 saturated carbocycles. The van der Waals surface area contributed by atoms with Gasteiger partial charge >= 0.3 is 0 Å². The third-order valence-electron chi connectivity index (χ3n) is 4.65. The average Bonchev–Trinajstić information content (AvgIpc) is 3.17. The number of nitrogens with zero attached hydrogens (tertiary/aromatic N) is 1. The molecule has 1 aliphatic rings. The van der Waals surface area contributed by atoms with Crippen molar-refractivity contribution in [3.05, 3.63) is 52.2 Å². The number of rotatable bonds is 7. The molecule has 1 aromatic heterocycles. The molecular weight excluding hydrogens is 344 g/mol. The summed E-state index contributed by atoms with van der Waals surface area (Å²) >= 11 is 1.77. The average molecular weight is 373 g/mol. The summed E-state index contributed by atoms with van der Waals surface area (Å²) in [6.45, 7) is 6.85. The molecule has 0 radical (unpaired) electrons. The summed E-state index contributed by atoms with van der Waals surface area (Å²) < 4.78 is 5.64. The van der Waals surface area contributed by atoms with Gasteiger partial charge in [0.15, 0.2) is 0 Å². The van der Waals surface area contributed by atoms with Crippen molar-refractivity contribution < 1.29 is 9.53 Å². The summed E-state index contributed by atoms with van der Waals surface area (Å²) in [4.78, 5) is 16.4. The van der Waals surface area contributed by atoms with Crippen LogP contribution >= 0.6 is 11.3 Å². The van der Waals surface area contributed by atoms with Crippen molar-refractivity contribution in [1.29, 1.82) is 0 Å². The Kier molecular flexibility index (Phi) is 6.69. The van der Waals surface area contributed by atoms with Gasteiger partial charge in [-0.25, -0.2) is 0 Å². The molecule has 1 amide bonds. The van der Waals surface area contributed by atoms with Gasteiger partial charge in [0.1, 0.15) is 5.75 Å². The Balaban J connectivity index is 1.62. The number of piperidine rings is 1. The zero-order chi connectivity index (χ0) is 18.4. The molecule has 4 nitrogen and oxygen atoms in total. The lowest BCUT2D eigenvalue weighted by Crippen LogP contribution is -2.40. The standard InChI is InChI=1S/C21H28N2O2S/c1-16(2)25-18-10-8-17(9-11-18)21(24)22-15-19(20-7-6-14-26-20)23-12-4-3-5-13-23/h6-11,14,16,19H,3-5,12-13,15H2,1-2H3,(H,22,24). The minimum Gasteiger partial charge on any atom is -0.491 e. The number of hydrogen-bond donors (Lipinski definition) is 1. The minimum absolute atomic E-state index is 0.0281. The van der Waals surface area contributed by atoms with Gasteiger partial charge < -0.3 is 10.1 Å². The molecule has 1 N–H and O–H groups in total. The molecule has 3 rings (SSSR count). The first-order valence-corrected chi connectivity index (χ1v) is 10.3. The summed E-state index contributed by atoms with van der Waals surface area (Å²) in [6.07, 6.45) is 3.93. The van der Waals surface area contributed by atoms with Crippen LogP contribution in [0.5, 0.6) is 5.75 Å². The van der Waals surface area contributed by atoms with Crippen LogP contribution in [0.4, 0.5) is 0 Å². The summed E-state index contributed by atoms with van der Waals surface area (Å²) in [5.74, 6) is 0.765. The van der Waals surface area contributed by atoms with Gasteiger partial charge in [0, 0.05) is 17.0 Å². The normalized spacial score (nSPS) is 16.4. The molecule has 0 bridgehead atoms. The fourth-order valence-corrected chi connectivity index (χ4v) is 4.23. The third kappa shape index (κ3) is 5.08. The van der Waals surface area contributed by atoms with Gasteiger partial charge in [-0.3, -0.25) is 9.69 Å². The zero-order valence-electron chi connectivity index (χ0n) is 15.6. The maximum atomic E-state index is 12.6. The maximum absolute atomic E-state index is 12.6. The third-order valence-corrected chi connectivity index (χ3v) is 5.62. The fraction of sp³-hybridized carbons (Fsp3) is 0.476. The summed E-state index contributed by atoms with van der Waals surface area (Å²) in [5.41, 5.74) is 0.671. The van der Waals surface area contributed by atoms with Crippen LogP contribution in [-0.2, 0) is 0 Å². The van der Waals surface area contributed by atoms with Crippen molar-refractivity contribution >= 4 is 17.2 Å². The first-order valence-electron chi connectivity index (χ1n) is 9.46. The van der Waals surface area contributed by atoms with E-state index < -0.39 is 0 Å². The molecule has 1 atom stereocenters.